The first-order valence-electron chi connectivity index (χ1n) is 9.50. The lowest BCUT2D eigenvalue weighted by Crippen LogP contribution is -2.18. The van der Waals surface area contributed by atoms with Crippen molar-refractivity contribution < 1.29 is 0 Å². The predicted molar refractivity (Wildman–Crippen MR) is 124 cm³/mol. The highest BCUT2D eigenvalue weighted by atomic mass is 35.5. The van der Waals surface area contributed by atoms with Crippen LogP contribution in [0.3, 0.4) is 0 Å². The Labute approximate surface area is 183 Å². The molecule has 2 N–H and O–H groups in total. The Hall–Kier alpha value is -3.97. The summed E-state index contributed by atoms with van der Waals surface area (Å²) in [4.78, 5) is 12.6. The molecule has 0 aliphatic carbocycles. The molecule has 0 aliphatic heterocycles. The van der Waals surface area contributed by atoms with Gasteiger partial charge in [0.2, 0.25) is 5.43 Å². The number of aryl methyl sites for hydroxylation is 1. The summed E-state index contributed by atoms with van der Waals surface area (Å²) >= 11 is 6.06. The molecule has 0 atom stereocenters. The monoisotopic (exact) mass is 430 g/mol. The van der Waals surface area contributed by atoms with E-state index in [1.54, 1.807) is 40.0 Å². The average Bonchev–Trinajstić information content (AvgIpc) is 3.29. The van der Waals surface area contributed by atoms with E-state index in [4.69, 9.17) is 17.0 Å². The average molecular weight is 431 g/mol. The van der Waals surface area contributed by atoms with Crippen LogP contribution in [0.5, 0.6) is 0 Å². The first-order chi connectivity index (χ1) is 15.0. The Balaban J connectivity index is 1.73. The molecule has 0 spiro atoms. The molecule has 0 bridgehead atoms. The largest absolute Gasteiger partial charge is 0.354 e. The number of nitrogens with zero attached hydrogens (tertiary/aromatic N) is 4. The summed E-state index contributed by atoms with van der Waals surface area (Å²) in [6, 6.07) is 16.3. The third kappa shape index (κ3) is 4.46. The SMILES string of the molecule is Cc1cc(-n2cccn2)ccc1-n1ccc(=O)c(/C(=C/C=N)Nc2cccc(Cl)c2)n1. The van der Waals surface area contributed by atoms with Crippen LogP contribution in [0.2, 0.25) is 5.02 Å². The van der Waals surface area contributed by atoms with Gasteiger partial charge in [0.15, 0.2) is 5.69 Å². The van der Waals surface area contributed by atoms with Crippen molar-refractivity contribution in [1.29, 1.82) is 5.41 Å². The molecule has 0 fully saturated rings. The second kappa shape index (κ2) is 8.81. The van der Waals surface area contributed by atoms with Crippen molar-refractivity contribution in [3.05, 3.63) is 106 Å². The fourth-order valence-electron chi connectivity index (χ4n) is 3.17. The molecule has 7 nitrogen and oxygen atoms in total. The van der Waals surface area contributed by atoms with E-state index in [-0.39, 0.29) is 11.1 Å². The van der Waals surface area contributed by atoms with Crippen LogP contribution in [-0.2, 0) is 0 Å². The molecule has 0 saturated heterocycles. The third-order valence-electron chi connectivity index (χ3n) is 4.61. The number of halogens is 1. The Morgan fingerprint density at radius 3 is 2.68 bits per heavy atom. The number of hydrogen-bond donors (Lipinski definition) is 2. The third-order valence-corrected chi connectivity index (χ3v) is 4.85. The van der Waals surface area contributed by atoms with Gasteiger partial charge in [-0.3, -0.25) is 4.79 Å². The molecular weight excluding hydrogens is 412 g/mol. The van der Waals surface area contributed by atoms with Crippen LogP contribution < -0.4 is 10.7 Å². The molecule has 2 heterocycles. The minimum absolute atomic E-state index is 0.196. The lowest BCUT2D eigenvalue weighted by Gasteiger charge is -2.14. The van der Waals surface area contributed by atoms with Gasteiger partial charge in [0.25, 0.3) is 0 Å². The quantitative estimate of drug-likeness (QED) is 0.441. The number of benzene rings is 2. The smallest absolute Gasteiger partial charge is 0.209 e. The van der Waals surface area contributed by atoms with E-state index in [1.807, 2.05) is 43.5 Å². The first kappa shape index (κ1) is 20.3. The number of rotatable bonds is 6. The molecule has 2 aromatic carbocycles. The highest BCUT2D eigenvalue weighted by molar-refractivity contribution is 6.30. The summed E-state index contributed by atoms with van der Waals surface area (Å²) in [6.07, 6.45) is 7.82. The van der Waals surface area contributed by atoms with Crippen LogP contribution in [-0.4, -0.2) is 25.8 Å². The molecule has 0 radical (unpaired) electrons. The maximum Gasteiger partial charge on any atom is 0.209 e. The van der Waals surface area contributed by atoms with Crippen LogP contribution in [0.15, 0.2) is 84.1 Å². The zero-order valence-electron chi connectivity index (χ0n) is 16.7. The fourth-order valence-corrected chi connectivity index (χ4v) is 3.36. The van der Waals surface area contributed by atoms with Crippen molar-refractivity contribution in [2.24, 2.45) is 0 Å². The number of hydrogen-bond acceptors (Lipinski definition) is 5. The van der Waals surface area contributed by atoms with Gasteiger partial charge in [0.1, 0.15) is 0 Å². The minimum atomic E-state index is -0.260. The highest BCUT2D eigenvalue weighted by Crippen LogP contribution is 2.21. The minimum Gasteiger partial charge on any atom is -0.354 e. The van der Waals surface area contributed by atoms with Gasteiger partial charge in [-0.05, 0) is 61.0 Å². The van der Waals surface area contributed by atoms with E-state index < -0.39 is 0 Å². The molecule has 0 saturated carbocycles. The van der Waals surface area contributed by atoms with Gasteiger partial charge in [-0.1, -0.05) is 17.7 Å². The van der Waals surface area contributed by atoms with Gasteiger partial charge in [-0.25, -0.2) is 9.36 Å². The molecule has 0 unspecified atom stereocenters. The Morgan fingerprint density at radius 1 is 1.10 bits per heavy atom. The summed E-state index contributed by atoms with van der Waals surface area (Å²) in [5, 5.41) is 20.0. The van der Waals surface area contributed by atoms with Crippen molar-refractivity contribution >= 4 is 29.2 Å². The first-order valence-corrected chi connectivity index (χ1v) is 9.88. The van der Waals surface area contributed by atoms with Crippen molar-refractivity contribution in [2.75, 3.05) is 5.32 Å². The van der Waals surface area contributed by atoms with Crippen LogP contribution >= 0.6 is 11.6 Å². The number of allylic oxidation sites excluding steroid dienone is 1. The molecular formula is C23H19ClN6O. The van der Waals surface area contributed by atoms with Gasteiger partial charge in [0.05, 0.1) is 17.1 Å². The molecule has 8 heteroatoms. The summed E-state index contributed by atoms with van der Waals surface area (Å²) in [6.45, 7) is 1.97. The van der Waals surface area contributed by atoms with Gasteiger partial charge < -0.3 is 10.7 Å². The van der Waals surface area contributed by atoms with Crippen LogP contribution in [0.1, 0.15) is 11.3 Å². The summed E-state index contributed by atoms with van der Waals surface area (Å²) in [5.41, 5.74) is 3.76. The number of aromatic nitrogens is 4. The van der Waals surface area contributed by atoms with Crippen LogP contribution in [0.4, 0.5) is 5.69 Å². The maximum atomic E-state index is 12.6. The van der Waals surface area contributed by atoms with E-state index >= 15 is 0 Å². The molecule has 0 amide bonds. The number of anilines is 1. The van der Waals surface area contributed by atoms with Crippen LogP contribution in [0, 0.1) is 12.3 Å². The van der Waals surface area contributed by atoms with E-state index in [0.717, 1.165) is 23.2 Å². The molecule has 4 rings (SSSR count). The lowest BCUT2D eigenvalue weighted by molar-refractivity contribution is 0.815. The zero-order valence-corrected chi connectivity index (χ0v) is 17.4. The second-order valence-corrected chi connectivity index (χ2v) is 7.21. The van der Waals surface area contributed by atoms with E-state index in [1.165, 1.54) is 12.1 Å². The lowest BCUT2D eigenvalue weighted by atomic mass is 10.1. The predicted octanol–water partition coefficient (Wildman–Crippen LogP) is 4.48. The fraction of sp³-hybridized carbons (Fsp3) is 0.0435. The highest BCUT2D eigenvalue weighted by Gasteiger charge is 2.12. The Bertz CT molecular complexity index is 1320. The second-order valence-electron chi connectivity index (χ2n) is 6.78. The van der Waals surface area contributed by atoms with E-state index in [2.05, 4.69) is 15.5 Å². The van der Waals surface area contributed by atoms with E-state index in [9.17, 15) is 4.79 Å². The molecule has 154 valence electrons. The molecule has 4 aromatic rings. The molecule has 31 heavy (non-hydrogen) atoms. The van der Waals surface area contributed by atoms with Crippen molar-refractivity contribution in [3.8, 4) is 11.4 Å². The van der Waals surface area contributed by atoms with Crippen LogP contribution in [0.25, 0.3) is 17.1 Å². The Morgan fingerprint density at radius 2 is 1.97 bits per heavy atom. The van der Waals surface area contributed by atoms with Gasteiger partial charge in [0, 0.05) is 41.6 Å². The van der Waals surface area contributed by atoms with Crippen molar-refractivity contribution in [3.63, 3.8) is 0 Å². The maximum absolute atomic E-state index is 12.6. The summed E-state index contributed by atoms with van der Waals surface area (Å²) < 4.78 is 3.43. The summed E-state index contributed by atoms with van der Waals surface area (Å²) in [5.74, 6) is 0. The van der Waals surface area contributed by atoms with Gasteiger partial charge in [-0.15, -0.1) is 0 Å². The summed E-state index contributed by atoms with van der Waals surface area (Å²) in [7, 11) is 0. The normalized spacial score (nSPS) is 11.4. The molecule has 0 aliphatic rings. The van der Waals surface area contributed by atoms with Gasteiger partial charge in [-0.2, -0.15) is 10.2 Å². The number of nitrogens with one attached hydrogen (secondary N) is 2. The standard InChI is InChI=1S/C23H19ClN6O/c1-16-14-19(29-12-3-11-26-29)6-7-21(16)30-13-9-22(31)23(28-30)20(8-10-25)27-18-5-2-4-17(24)15-18/h2-15,25,27H,1H3/b20-8-,25-10?. The van der Waals surface area contributed by atoms with Crippen molar-refractivity contribution in [1.82, 2.24) is 19.6 Å². The van der Waals surface area contributed by atoms with Crippen molar-refractivity contribution in [2.45, 2.75) is 6.92 Å². The Kier molecular flexibility index (Phi) is 5.77. The van der Waals surface area contributed by atoms with E-state index in [0.29, 0.717) is 16.4 Å². The topological polar surface area (TPSA) is 88.6 Å². The van der Waals surface area contributed by atoms with Gasteiger partial charge >= 0.3 is 0 Å². The zero-order chi connectivity index (χ0) is 21.8. The molecule has 2 aromatic heterocycles.